The van der Waals surface area contributed by atoms with Gasteiger partial charge in [-0.1, -0.05) is 6.92 Å². The Morgan fingerprint density at radius 2 is 2.17 bits per heavy atom. The fourth-order valence-corrected chi connectivity index (χ4v) is 2.18. The molecule has 0 aromatic heterocycles. The summed E-state index contributed by atoms with van der Waals surface area (Å²) in [6, 6.07) is -0.845. The second kappa shape index (κ2) is 5.49. The molecule has 104 valence electrons. The minimum atomic E-state index is -3.02. The van der Waals surface area contributed by atoms with Gasteiger partial charge in [-0.15, -0.1) is 0 Å². The highest BCUT2D eigenvalue weighted by Crippen LogP contribution is 2.36. The van der Waals surface area contributed by atoms with Crippen molar-refractivity contribution in [2.24, 2.45) is 5.92 Å². The van der Waals surface area contributed by atoms with E-state index in [0.717, 1.165) is 0 Å². The van der Waals surface area contributed by atoms with Crippen molar-refractivity contribution < 1.29 is 28.2 Å². The molecule has 1 fully saturated rings. The van der Waals surface area contributed by atoms with Gasteiger partial charge in [-0.3, -0.25) is 9.69 Å². The monoisotopic (exact) mass is 265 g/mol. The highest BCUT2D eigenvalue weighted by Gasteiger charge is 2.49. The smallest absolute Gasteiger partial charge is 0.407 e. The number of alkyl halides is 2. The number of halogens is 2. The van der Waals surface area contributed by atoms with E-state index in [1.165, 1.54) is 0 Å². The van der Waals surface area contributed by atoms with Crippen LogP contribution in [0.25, 0.3) is 0 Å². The highest BCUT2D eigenvalue weighted by atomic mass is 19.3. The molecule has 1 N–H and O–H groups in total. The van der Waals surface area contributed by atoms with Crippen LogP contribution in [0.15, 0.2) is 0 Å². The number of ether oxygens (including phenoxy) is 1. The van der Waals surface area contributed by atoms with Crippen molar-refractivity contribution in [1.82, 2.24) is 4.90 Å². The van der Waals surface area contributed by atoms with E-state index in [0.29, 0.717) is 4.90 Å². The minimum absolute atomic E-state index is 0.0572. The molecule has 1 aliphatic heterocycles. The van der Waals surface area contributed by atoms with Crippen LogP contribution in [0, 0.1) is 5.92 Å². The first-order valence-electron chi connectivity index (χ1n) is 5.80. The maximum absolute atomic E-state index is 13.2. The minimum Gasteiger partial charge on any atom is -0.466 e. The molecule has 7 heteroatoms. The summed E-state index contributed by atoms with van der Waals surface area (Å²) in [4.78, 5) is 22.9. The summed E-state index contributed by atoms with van der Waals surface area (Å²) < 4.78 is 31.2. The summed E-state index contributed by atoms with van der Waals surface area (Å²) in [5, 5.41) is 8.88. The van der Waals surface area contributed by atoms with Gasteiger partial charge < -0.3 is 9.84 Å². The number of carbonyl (C=O) groups excluding carboxylic acids is 1. The molecule has 1 heterocycles. The first-order chi connectivity index (χ1) is 8.26. The van der Waals surface area contributed by atoms with Gasteiger partial charge in [0.25, 0.3) is 5.92 Å². The summed E-state index contributed by atoms with van der Waals surface area (Å²) >= 11 is 0. The van der Waals surface area contributed by atoms with Crippen molar-refractivity contribution in [2.75, 3.05) is 13.2 Å². The van der Waals surface area contributed by atoms with Gasteiger partial charge in [0, 0.05) is 12.5 Å². The van der Waals surface area contributed by atoms with Gasteiger partial charge in [-0.2, -0.15) is 0 Å². The Labute approximate surface area is 104 Å². The van der Waals surface area contributed by atoms with Crippen molar-refractivity contribution >= 4 is 12.1 Å². The lowest BCUT2D eigenvalue weighted by atomic mass is 9.95. The lowest BCUT2D eigenvalue weighted by Crippen LogP contribution is -2.39. The summed E-state index contributed by atoms with van der Waals surface area (Å²) in [6.07, 6.45) is -1.98. The molecule has 1 amide bonds. The van der Waals surface area contributed by atoms with Gasteiger partial charge in [-0.05, 0) is 12.8 Å². The summed E-state index contributed by atoms with van der Waals surface area (Å²) in [6.45, 7) is 2.64. The molecule has 1 rings (SSSR count). The Kier molecular flexibility index (Phi) is 4.48. The topological polar surface area (TPSA) is 66.8 Å². The average Bonchev–Trinajstić information content (AvgIpc) is 2.55. The molecule has 18 heavy (non-hydrogen) atoms. The van der Waals surface area contributed by atoms with E-state index in [4.69, 9.17) is 9.84 Å². The van der Waals surface area contributed by atoms with Gasteiger partial charge in [0.15, 0.2) is 0 Å². The zero-order valence-electron chi connectivity index (χ0n) is 10.4. The van der Waals surface area contributed by atoms with E-state index in [-0.39, 0.29) is 13.0 Å². The molecule has 0 aromatic rings. The van der Waals surface area contributed by atoms with Crippen LogP contribution >= 0.6 is 0 Å². The number of hydrogen-bond donors (Lipinski definition) is 1. The predicted molar refractivity (Wildman–Crippen MR) is 58.5 cm³/mol. The molecule has 1 aliphatic rings. The maximum atomic E-state index is 13.2. The van der Waals surface area contributed by atoms with E-state index >= 15 is 0 Å². The molecule has 1 saturated heterocycles. The third-order valence-corrected chi connectivity index (χ3v) is 3.01. The van der Waals surface area contributed by atoms with E-state index < -0.39 is 42.9 Å². The molecule has 0 radical (unpaired) electrons. The van der Waals surface area contributed by atoms with Crippen molar-refractivity contribution in [3.05, 3.63) is 0 Å². The van der Waals surface area contributed by atoms with Crippen LogP contribution in [-0.2, 0) is 9.53 Å². The van der Waals surface area contributed by atoms with Crippen LogP contribution in [-0.4, -0.2) is 47.2 Å². The van der Waals surface area contributed by atoms with E-state index in [2.05, 4.69) is 0 Å². The molecule has 2 unspecified atom stereocenters. The maximum Gasteiger partial charge on any atom is 0.407 e. The number of carboxylic acid groups (broad SMARTS) is 1. The van der Waals surface area contributed by atoms with Gasteiger partial charge >= 0.3 is 12.1 Å². The number of amides is 1. The molecular weight excluding hydrogens is 248 g/mol. The summed E-state index contributed by atoms with van der Waals surface area (Å²) in [5.74, 6) is -4.01. The van der Waals surface area contributed by atoms with E-state index in [1.807, 2.05) is 0 Å². The zero-order valence-corrected chi connectivity index (χ0v) is 10.4. The van der Waals surface area contributed by atoms with E-state index in [9.17, 15) is 18.4 Å². The number of hydrogen-bond acceptors (Lipinski definition) is 3. The lowest BCUT2D eigenvalue weighted by molar-refractivity contribution is -0.144. The molecule has 0 bridgehead atoms. The van der Waals surface area contributed by atoms with Gasteiger partial charge in [0.2, 0.25) is 0 Å². The fourth-order valence-electron chi connectivity index (χ4n) is 2.18. The fraction of sp³-hybridized carbons (Fsp3) is 0.818. The van der Waals surface area contributed by atoms with Crippen molar-refractivity contribution in [3.63, 3.8) is 0 Å². The lowest BCUT2D eigenvalue weighted by Gasteiger charge is -2.25. The van der Waals surface area contributed by atoms with Gasteiger partial charge in [0.1, 0.15) is 0 Å². The van der Waals surface area contributed by atoms with Gasteiger partial charge in [-0.25, -0.2) is 13.6 Å². The summed E-state index contributed by atoms with van der Waals surface area (Å²) in [5.41, 5.74) is 0. The third kappa shape index (κ3) is 3.54. The molecule has 0 aliphatic carbocycles. The Bertz CT molecular complexity index is 335. The van der Waals surface area contributed by atoms with E-state index in [1.54, 1.807) is 13.8 Å². The second-order valence-corrected chi connectivity index (χ2v) is 4.52. The molecule has 0 aromatic carbocycles. The number of nitrogens with zero attached hydrogens (tertiary/aromatic N) is 1. The van der Waals surface area contributed by atoms with Crippen LogP contribution in [0.5, 0.6) is 0 Å². The van der Waals surface area contributed by atoms with Crippen molar-refractivity contribution in [3.8, 4) is 0 Å². The SMILES string of the molecule is CCOC(=O)CC(C)C1CC(F)(F)CN1C(=O)O. The van der Waals surface area contributed by atoms with Crippen LogP contribution in [0.1, 0.15) is 26.7 Å². The Morgan fingerprint density at radius 1 is 1.56 bits per heavy atom. The average molecular weight is 265 g/mol. The van der Waals surface area contributed by atoms with Crippen LogP contribution < -0.4 is 0 Å². The van der Waals surface area contributed by atoms with Crippen LogP contribution in [0.2, 0.25) is 0 Å². The first-order valence-corrected chi connectivity index (χ1v) is 5.80. The second-order valence-electron chi connectivity index (χ2n) is 4.52. The number of carbonyl (C=O) groups is 2. The predicted octanol–water partition coefficient (Wildman–Crippen LogP) is 1.96. The standard InChI is InChI=1S/C11H17F2NO4/c1-3-18-9(15)4-7(2)8-5-11(12,13)6-14(8)10(16)17/h7-8H,3-6H2,1-2H3,(H,16,17). The Hall–Kier alpha value is -1.40. The Morgan fingerprint density at radius 3 is 2.67 bits per heavy atom. The van der Waals surface area contributed by atoms with Crippen molar-refractivity contribution in [1.29, 1.82) is 0 Å². The van der Waals surface area contributed by atoms with Crippen LogP contribution in [0.3, 0.4) is 0 Å². The molecule has 5 nitrogen and oxygen atoms in total. The quantitative estimate of drug-likeness (QED) is 0.789. The highest BCUT2D eigenvalue weighted by molar-refractivity contribution is 5.70. The molecular formula is C11H17F2NO4. The molecule has 0 saturated carbocycles. The first kappa shape index (κ1) is 14.7. The normalized spacial score (nSPS) is 23.8. The van der Waals surface area contributed by atoms with Crippen molar-refractivity contribution in [2.45, 2.75) is 38.7 Å². The third-order valence-electron chi connectivity index (χ3n) is 3.01. The molecule has 0 spiro atoms. The van der Waals surface area contributed by atoms with Gasteiger partial charge in [0.05, 0.1) is 19.6 Å². The number of likely N-dealkylation sites (tertiary alicyclic amines) is 1. The molecule has 2 atom stereocenters. The largest absolute Gasteiger partial charge is 0.466 e. The number of rotatable bonds is 4. The Balaban J connectivity index is 2.68. The van der Waals surface area contributed by atoms with Crippen LogP contribution in [0.4, 0.5) is 13.6 Å². The zero-order chi connectivity index (χ0) is 13.9. The number of esters is 1. The summed E-state index contributed by atoms with van der Waals surface area (Å²) in [7, 11) is 0.